The van der Waals surface area contributed by atoms with Crippen LogP contribution in [0.3, 0.4) is 0 Å². The summed E-state index contributed by atoms with van der Waals surface area (Å²) in [6, 6.07) is 7.15. The Morgan fingerprint density at radius 2 is 2.16 bits per heavy atom. The number of β-amino-alcohol motifs (C(OH)–C–C–N with tert-alkyl or cyclic N) is 1. The van der Waals surface area contributed by atoms with E-state index in [2.05, 4.69) is 16.0 Å². The van der Waals surface area contributed by atoms with Crippen LogP contribution in [0.4, 0.5) is 15.3 Å². The van der Waals surface area contributed by atoms with Crippen molar-refractivity contribution in [3.8, 4) is 0 Å². The number of aryl methyl sites for hydroxylation is 1. The fourth-order valence-corrected chi connectivity index (χ4v) is 3.17. The first-order valence-corrected chi connectivity index (χ1v) is 8.60. The molecule has 0 aromatic heterocycles. The number of carbonyl (C=O) groups is 2. The molecule has 0 bridgehead atoms. The van der Waals surface area contributed by atoms with Gasteiger partial charge in [-0.15, -0.1) is 0 Å². The van der Waals surface area contributed by atoms with Gasteiger partial charge < -0.3 is 30.9 Å². The number of hydrogen-bond donors (Lipinski definition) is 4. The molecule has 0 spiro atoms. The number of aliphatic hydroxyl groups excluding tert-OH is 1. The first kappa shape index (κ1) is 17.5. The molecule has 2 aliphatic heterocycles. The van der Waals surface area contributed by atoms with Crippen molar-refractivity contribution in [2.45, 2.75) is 19.1 Å². The van der Waals surface area contributed by atoms with Gasteiger partial charge in [-0.05, 0) is 18.6 Å². The SMILES string of the molecule is Cc1ccccc1NC(=O)N1C[C@@H](O)[C@H](NCCN2CCNC2=O)C1. The number of benzene rings is 1. The maximum Gasteiger partial charge on any atom is 0.321 e. The van der Waals surface area contributed by atoms with Crippen LogP contribution in [-0.2, 0) is 0 Å². The third kappa shape index (κ3) is 4.21. The number of nitrogens with one attached hydrogen (secondary N) is 3. The Morgan fingerprint density at radius 3 is 2.88 bits per heavy atom. The van der Waals surface area contributed by atoms with Crippen molar-refractivity contribution in [1.82, 2.24) is 20.4 Å². The summed E-state index contributed by atoms with van der Waals surface area (Å²) in [6.07, 6.45) is -0.616. The van der Waals surface area contributed by atoms with Crippen molar-refractivity contribution < 1.29 is 14.7 Å². The molecule has 4 N–H and O–H groups in total. The van der Waals surface area contributed by atoms with Crippen LogP contribution in [0.5, 0.6) is 0 Å². The van der Waals surface area contributed by atoms with Gasteiger partial charge in [-0.3, -0.25) is 0 Å². The number of urea groups is 2. The number of rotatable bonds is 5. The third-order valence-electron chi connectivity index (χ3n) is 4.70. The van der Waals surface area contributed by atoms with E-state index in [4.69, 9.17) is 0 Å². The van der Waals surface area contributed by atoms with Crippen LogP contribution in [0.15, 0.2) is 24.3 Å². The summed E-state index contributed by atoms with van der Waals surface area (Å²) in [6.45, 7) is 5.22. The summed E-state index contributed by atoms with van der Waals surface area (Å²) >= 11 is 0. The molecule has 2 fully saturated rings. The zero-order valence-electron chi connectivity index (χ0n) is 14.4. The average Bonchev–Trinajstić information content (AvgIpc) is 3.16. The lowest BCUT2D eigenvalue weighted by Crippen LogP contribution is -2.44. The van der Waals surface area contributed by atoms with Gasteiger partial charge in [-0.2, -0.15) is 0 Å². The largest absolute Gasteiger partial charge is 0.390 e. The Morgan fingerprint density at radius 1 is 1.36 bits per heavy atom. The monoisotopic (exact) mass is 347 g/mol. The van der Waals surface area contributed by atoms with Crippen LogP contribution in [0, 0.1) is 6.92 Å². The van der Waals surface area contributed by atoms with E-state index in [1.807, 2.05) is 31.2 Å². The minimum Gasteiger partial charge on any atom is -0.390 e. The van der Waals surface area contributed by atoms with Crippen molar-refractivity contribution in [3.63, 3.8) is 0 Å². The van der Waals surface area contributed by atoms with E-state index in [0.29, 0.717) is 39.3 Å². The van der Waals surface area contributed by atoms with Crippen LogP contribution < -0.4 is 16.0 Å². The molecule has 1 aromatic carbocycles. The number of para-hydroxylation sites is 1. The zero-order valence-corrected chi connectivity index (χ0v) is 14.4. The zero-order chi connectivity index (χ0) is 17.8. The first-order valence-electron chi connectivity index (χ1n) is 8.60. The number of amides is 4. The molecule has 3 rings (SSSR count). The highest BCUT2D eigenvalue weighted by Crippen LogP contribution is 2.16. The second kappa shape index (κ2) is 7.71. The van der Waals surface area contributed by atoms with E-state index < -0.39 is 6.10 Å². The molecule has 0 saturated carbocycles. The summed E-state index contributed by atoms with van der Waals surface area (Å²) in [5, 5.41) is 19.1. The molecule has 8 nitrogen and oxygen atoms in total. The summed E-state index contributed by atoms with van der Waals surface area (Å²) in [7, 11) is 0. The number of likely N-dealkylation sites (tertiary alicyclic amines) is 1. The number of carbonyl (C=O) groups excluding carboxylic acids is 2. The molecule has 4 amide bonds. The topological polar surface area (TPSA) is 96.9 Å². The number of hydrogen-bond acceptors (Lipinski definition) is 4. The molecule has 0 unspecified atom stereocenters. The van der Waals surface area contributed by atoms with Crippen LogP contribution in [0.1, 0.15) is 5.56 Å². The molecule has 2 saturated heterocycles. The minimum absolute atomic E-state index is 0.0481. The molecule has 136 valence electrons. The second-order valence-corrected chi connectivity index (χ2v) is 6.50. The summed E-state index contributed by atoms with van der Waals surface area (Å²) in [5.41, 5.74) is 1.77. The Labute approximate surface area is 147 Å². The summed E-state index contributed by atoms with van der Waals surface area (Å²) in [5.74, 6) is 0. The maximum atomic E-state index is 12.4. The predicted octanol–water partition coefficient (Wildman–Crippen LogP) is 0.187. The smallest absolute Gasteiger partial charge is 0.321 e. The lowest BCUT2D eigenvalue weighted by Gasteiger charge is -2.20. The molecular formula is C17H25N5O3. The maximum absolute atomic E-state index is 12.4. The van der Waals surface area contributed by atoms with Gasteiger partial charge in [0.2, 0.25) is 0 Å². The second-order valence-electron chi connectivity index (χ2n) is 6.50. The van der Waals surface area contributed by atoms with Gasteiger partial charge in [-0.25, -0.2) is 9.59 Å². The van der Waals surface area contributed by atoms with E-state index in [9.17, 15) is 14.7 Å². The average molecular weight is 347 g/mol. The van der Waals surface area contributed by atoms with Crippen molar-refractivity contribution in [1.29, 1.82) is 0 Å². The molecular weight excluding hydrogens is 322 g/mol. The van der Waals surface area contributed by atoms with E-state index >= 15 is 0 Å². The first-order chi connectivity index (χ1) is 12.0. The molecule has 25 heavy (non-hydrogen) atoms. The molecule has 0 aliphatic carbocycles. The fraction of sp³-hybridized carbons (Fsp3) is 0.529. The van der Waals surface area contributed by atoms with Crippen LogP contribution in [-0.4, -0.2) is 78.4 Å². The third-order valence-corrected chi connectivity index (χ3v) is 4.70. The minimum atomic E-state index is -0.616. The number of aliphatic hydroxyl groups is 1. The number of anilines is 1. The summed E-state index contributed by atoms with van der Waals surface area (Å²) < 4.78 is 0. The normalized spacial score (nSPS) is 23.0. The fourth-order valence-electron chi connectivity index (χ4n) is 3.17. The van der Waals surface area contributed by atoms with Crippen molar-refractivity contribution in [2.75, 3.05) is 44.6 Å². The highest BCUT2D eigenvalue weighted by molar-refractivity contribution is 5.90. The van der Waals surface area contributed by atoms with Crippen LogP contribution >= 0.6 is 0 Å². The Balaban J connectivity index is 1.46. The van der Waals surface area contributed by atoms with Crippen molar-refractivity contribution in [3.05, 3.63) is 29.8 Å². The molecule has 0 radical (unpaired) electrons. The Kier molecular flexibility index (Phi) is 5.40. The summed E-state index contributed by atoms with van der Waals surface area (Å²) in [4.78, 5) is 27.2. The lowest BCUT2D eigenvalue weighted by molar-refractivity contribution is 0.154. The number of nitrogens with zero attached hydrogens (tertiary/aromatic N) is 2. The van der Waals surface area contributed by atoms with Crippen LogP contribution in [0.25, 0.3) is 0 Å². The Hall–Kier alpha value is -2.32. The van der Waals surface area contributed by atoms with Gasteiger partial charge in [0, 0.05) is 45.0 Å². The standard InChI is InChI=1S/C17H25N5O3/c1-12-4-2-3-5-13(12)20-17(25)22-10-14(15(23)11-22)18-6-8-21-9-7-19-16(21)24/h2-5,14-15,18,23H,6-11H2,1H3,(H,19,24)(H,20,25)/t14-,15-/m1/s1. The van der Waals surface area contributed by atoms with Gasteiger partial charge in [0.05, 0.1) is 12.1 Å². The van der Waals surface area contributed by atoms with E-state index in [1.165, 1.54) is 0 Å². The Bertz CT molecular complexity index is 638. The highest BCUT2D eigenvalue weighted by Gasteiger charge is 2.34. The van der Waals surface area contributed by atoms with Gasteiger partial charge >= 0.3 is 12.1 Å². The van der Waals surface area contributed by atoms with E-state index in [-0.39, 0.29) is 18.1 Å². The van der Waals surface area contributed by atoms with Gasteiger partial charge in [0.25, 0.3) is 0 Å². The quantitative estimate of drug-likeness (QED) is 0.611. The van der Waals surface area contributed by atoms with E-state index in [0.717, 1.165) is 11.3 Å². The van der Waals surface area contributed by atoms with Gasteiger partial charge in [-0.1, -0.05) is 18.2 Å². The molecule has 1 aromatic rings. The van der Waals surface area contributed by atoms with Crippen molar-refractivity contribution >= 4 is 17.7 Å². The predicted molar refractivity (Wildman–Crippen MR) is 94.5 cm³/mol. The molecule has 2 atom stereocenters. The molecule has 2 heterocycles. The van der Waals surface area contributed by atoms with Gasteiger partial charge in [0.15, 0.2) is 0 Å². The van der Waals surface area contributed by atoms with E-state index in [1.54, 1.807) is 9.80 Å². The lowest BCUT2D eigenvalue weighted by atomic mass is 10.2. The molecule has 8 heteroatoms. The molecule has 2 aliphatic rings. The van der Waals surface area contributed by atoms with Crippen molar-refractivity contribution in [2.24, 2.45) is 0 Å². The van der Waals surface area contributed by atoms with Gasteiger partial charge in [0.1, 0.15) is 0 Å². The van der Waals surface area contributed by atoms with Crippen LogP contribution in [0.2, 0.25) is 0 Å². The highest BCUT2D eigenvalue weighted by atomic mass is 16.3.